The molecule has 4 rings (SSSR count). The van der Waals surface area contributed by atoms with Gasteiger partial charge in [-0.25, -0.2) is 0 Å². The smallest absolute Gasteiger partial charge is 0.0601 e. The van der Waals surface area contributed by atoms with Gasteiger partial charge < -0.3 is 0 Å². The van der Waals surface area contributed by atoms with Gasteiger partial charge in [-0.05, 0) is 36.5 Å². The van der Waals surface area contributed by atoms with Gasteiger partial charge in [0, 0.05) is 19.3 Å². The molecule has 0 N–H and O–H groups in total. The number of aliphatic imine (C=N–C) groups is 1. The SMILES string of the molecule is Cc1cccc(C(c2ccccc2)N2CCC(N=Cc3ccccc3)CC2)c1. The normalized spacial score (nSPS) is 17.0. The van der Waals surface area contributed by atoms with E-state index in [1.165, 1.54) is 22.3 Å². The van der Waals surface area contributed by atoms with Crippen LogP contribution in [0.25, 0.3) is 0 Å². The van der Waals surface area contributed by atoms with E-state index in [2.05, 4.69) is 90.7 Å². The lowest BCUT2D eigenvalue weighted by Crippen LogP contribution is -2.38. The maximum absolute atomic E-state index is 4.86. The molecule has 3 aromatic rings. The Morgan fingerprint density at radius 3 is 2.14 bits per heavy atom. The molecule has 3 aromatic carbocycles. The molecule has 28 heavy (non-hydrogen) atoms. The van der Waals surface area contributed by atoms with E-state index in [0.29, 0.717) is 12.1 Å². The van der Waals surface area contributed by atoms with Crippen LogP contribution in [-0.4, -0.2) is 30.2 Å². The highest BCUT2D eigenvalue weighted by atomic mass is 15.2. The van der Waals surface area contributed by atoms with E-state index in [0.717, 1.165) is 25.9 Å². The topological polar surface area (TPSA) is 15.6 Å². The Morgan fingerprint density at radius 2 is 1.46 bits per heavy atom. The third-order valence-electron chi connectivity index (χ3n) is 5.57. The lowest BCUT2D eigenvalue weighted by Gasteiger charge is -2.37. The van der Waals surface area contributed by atoms with Crippen molar-refractivity contribution in [2.24, 2.45) is 4.99 Å². The molecule has 1 unspecified atom stereocenters. The maximum Gasteiger partial charge on any atom is 0.0601 e. The molecule has 1 atom stereocenters. The second kappa shape index (κ2) is 8.99. The van der Waals surface area contributed by atoms with Gasteiger partial charge in [-0.2, -0.15) is 0 Å². The first-order valence-corrected chi connectivity index (χ1v) is 10.2. The van der Waals surface area contributed by atoms with Crippen molar-refractivity contribution in [2.75, 3.05) is 13.1 Å². The summed E-state index contributed by atoms with van der Waals surface area (Å²) in [6, 6.07) is 31.0. The van der Waals surface area contributed by atoms with Crippen LogP contribution in [0.1, 0.15) is 41.1 Å². The molecule has 2 nitrogen and oxygen atoms in total. The Labute approximate surface area is 168 Å². The van der Waals surface area contributed by atoms with Crippen molar-refractivity contribution in [3.63, 3.8) is 0 Å². The molecular weight excluding hydrogens is 340 g/mol. The number of rotatable bonds is 5. The summed E-state index contributed by atoms with van der Waals surface area (Å²) in [5.74, 6) is 0. The summed E-state index contributed by atoms with van der Waals surface area (Å²) in [6.45, 7) is 4.32. The summed E-state index contributed by atoms with van der Waals surface area (Å²) in [7, 11) is 0. The van der Waals surface area contributed by atoms with Gasteiger partial charge in [-0.1, -0.05) is 90.5 Å². The first-order chi connectivity index (χ1) is 13.8. The maximum atomic E-state index is 4.86. The van der Waals surface area contributed by atoms with Gasteiger partial charge in [0.25, 0.3) is 0 Å². The highest BCUT2D eigenvalue weighted by molar-refractivity contribution is 5.79. The Kier molecular flexibility index (Phi) is 5.98. The molecule has 0 bridgehead atoms. The standard InChI is InChI=1S/C26H28N2/c1-21-9-8-14-24(19-21)26(23-12-6-3-7-13-23)28-17-15-25(16-18-28)27-20-22-10-4-2-5-11-22/h2-14,19-20,25-26H,15-18H2,1H3. The van der Waals surface area contributed by atoms with Gasteiger partial charge in [0.1, 0.15) is 0 Å². The number of hydrogen-bond donors (Lipinski definition) is 0. The predicted molar refractivity (Wildman–Crippen MR) is 118 cm³/mol. The summed E-state index contributed by atoms with van der Waals surface area (Å²) < 4.78 is 0. The fourth-order valence-corrected chi connectivity index (χ4v) is 4.11. The number of piperidine rings is 1. The molecule has 1 aliphatic heterocycles. The van der Waals surface area contributed by atoms with Crippen molar-refractivity contribution < 1.29 is 0 Å². The molecule has 0 saturated carbocycles. The molecule has 142 valence electrons. The highest BCUT2D eigenvalue weighted by Crippen LogP contribution is 2.32. The minimum atomic E-state index is 0.320. The Balaban J connectivity index is 1.49. The average molecular weight is 369 g/mol. The summed E-state index contributed by atoms with van der Waals surface area (Å²) in [4.78, 5) is 7.48. The van der Waals surface area contributed by atoms with Crippen molar-refractivity contribution in [3.8, 4) is 0 Å². The van der Waals surface area contributed by atoms with Crippen LogP contribution in [0.5, 0.6) is 0 Å². The zero-order valence-corrected chi connectivity index (χ0v) is 16.5. The van der Waals surface area contributed by atoms with Crippen LogP contribution < -0.4 is 0 Å². The van der Waals surface area contributed by atoms with E-state index < -0.39 is 0 Å². The van der Waals surface area contributed by atoms with Crippen molar-refractivity contribution in [1.29, 1.82) is 0 Å². The van der Waals surface area contributed by atoms with Gasteiger partial charge in [0.2, 0.25) is 0 Å². The van der Waals surface area contributed by atoms with Crippen molar-refractivity contribution in [1.82, 2.24) is 4.90 Å². The molecule has 0 radical (unpaired) electrons. The van der Waals surface area contributed by atoms with E-state index in [1.807, 2.05) is 12.3 Å². The highest BCUT2D eigenvalue weighted by Gasteiger charge is 2.27. The van der Waals surface area contributed by atoms with Crippen molar-refractivity contribution in [2.45, 2.75) is 31.8 Å². The molecular formula is C26H28N2. The van der Waals surface area contributed by atoms with Crippen LogP contribution in [0.4, 0.5) is 0 Å². The summed E-state index contributed by atoms with van der Waals surface area (Å²) in [5, 5.41) is 0. The zero-order valence-electron chi connectivity index (χ0n) is 16.5. The number of benzene rings is 3. The van der Waals surface area contributed by atoms with Gasteiger partial charge >= 0.3 is 0 Å². The number of nitrogens with zero attached hydrogens (tertiary/aromatic N) is 2. The third kappa shape index (κ3) is 4.58. The first kappa shape index (κ1) is 18.6. The van der Waals surface area contributed by atoms with Crippen molar-refractivity contribution >= 4 is 6.21 Å². The second-order valence-electron chi connectivity index (χ2n) is 7.68. The van der Waals surface area contributed by atoms with Crippen LogP contribution in [0.2, 0.25) is 0 Å². The molecule has 0 aliphatic carbocycles. The minimum Gasteiger partial charge on any atom is -0.292 e. The fourth-order valence-electron chi connectivity index (χ4n) is 4.11. The number of likely N-dealkylation sites (tertiary alicyclic amines) is 1. The minimum absolute atomic E-state index is 0.320. The van der Waals surface area contributed by atoms with Crippen LogP contribution in [0.3, 0.4) is 0 Å². The fraction of sp³-hybridized carbons (Fsp3) is 0.269. The monoisotopic (exact) mass is 368 g/mol. The van der Waals surface area contributed by atoms with Crippen LogP contribution in [0, 0.1) is 6.92 Å². The Bertz CT molecular complexity index is 894. The van der Waals surface area contributed by atoms with Gasteiger partial charge in [-0.15, -0.1) is 0 Å². The lowest BCUT2D eigenvalue weighted by molar-refractivity contribution is 0.175. The molecule has 0 aromatic heterocycles. The van der Waals surface area contributed by atoms with E-state index in [1.54, 1.807) is 0 Å². The first-order valence-electron chi connectivity index (χ1n) is 10.2. The molecule has 1 saturated heterocycles. The quantitative estimate of drug-likeness (QED) is 0.530. The summed E-state index contributed by atoms with van der Waals surface area (Å²) in [5.41, 5.74) is 5.27. The van der Waals surface area contributed by atoms with E-state index in [9.17, 15) is 0 Å². The average Bonchev–Trinajstić information content (AvgIpc) is 2.75. The lowest BCUT2D eigenvalue weighted by atomic mass is 9.93. The second-order valence-corrected chi connectivity index (χ2v) is 7.68. The molecule has 1 aliphatic rings. The number of aryl methyl sites for hydroxylation is 1. The van der Waals surface area contributed by atoms with Crippen molar-refractivity contribution in [3.05, 3.63) is 107 Å². The van der Waals surface area contributed by atoms with E-state index in [-0.39, 0.29) is 0 Å². The van der Waals surface area contributed by atoms with Crippen LogP contribution >= 0.6 is 0 Å². The molecule has 0 amide bonds. The molecule has 1 fully saturated rings. The molecule has 1 heterocycles. The summed E-state index contributed by atoms with van der Waals surface area (Å²) in [6.07, 6.45) is 4.26. The van der Waals surface area contributed by atoms with Gasteiger partial charge in [0.05, 0.1) is 12.1 Å². The predicted octanol–water partition coefficient (Wildman–Crippen LogP) is 5.67. The molecule has 2 heteroatoms. The van der Waals surface area contributed by atoms with Crippen LogP contribution in [-0.2, 0) is 0 Å². The zero-order chi connectivity index (χ0) is 19.2. The molecule has 0 spiro atoms. The summed E-state index contributed by atoms with van der Waals surface area (Å²) >= 11 is 0. The van der Waals surface area contributed by atoms with Gasteiger partial charge in [0.15, 0.2) is 0 Å². The van der Waals surface area contributed by atoms with E-state index in [4.69, 9.17) is 4.99 Å². The van der Waals surface area contributed by atoms with Gasteiger partial charge in [-0.3, -0.25) is 9.89 Å². The Hall–Kier alpha value is -2.71. The third-order valence-corrected chi connectivity index (χ3v) is 5.57. The van der Waals surface area contributed by atoms with E-state index >= 15 is 0 Å². The largest absolute Gasteiger partial charge is 0.292 e. The Morgan fingerprint density at radius 1 is 0.821 bits per heavy atom. The van der Waals surface area contributed by atoms with Crippen LogP contribution in [0.15, 0.2) is 89.9 Å². The number of hydrogen-bond acceptors (Lipinski definition) is 2.